The van der Waals surface area contributed by atoms with E-state index in [0.29, 0.717) is 31.6 Å². The van der Waals surface area contributed by atoms with Gasteiger partial charge >= 0.3 is 6.03 Å². The summed E-state index contributed by atoms with van der Waals surface area (Å²) in [7, 11) is 0. The molecule has 1 unspecified atom stereocenters. The standard InChI is InChI=1S/C22H22N4O4/c27-19-9-8-18(20(28)25-19)26-13-16-10-15(6-7-17(16)21(26)29)12-24-22(30)23-11-14-4-2-1-3-5-14/h1-7,10,18H,8-9,11-13H2,(H2,23,24,30)(H,25,27,28). The summed E-state index contributed by atoms with van der Waals surface area (Å²) in [5.41, 5.74) is 3.24. The molecule has 0 radical (unpaired) electrons. The Labute approximate surface area is 173 Å². The number of hydrogen-bond acceptors (Lipinski definition) is 4. The zero-order chi connectivity index (χ0) is 21.1. The first-order chi connectivity index (χ1) is 14.5. The lowest BCUT2D eigenvalue weighted by Gasteiger charge is -2.29. The molecule has 2 aromatic rings. The summed E-state index contributed by atoms with van der Waals surface area (Å²) in [6.45, 7) is 1.07. The minimum Gasteiger partial charge on any atom is -0.334 e. The van der Waals surface area contributed by atoms with Gasteiger partial charge in [-0.3, -0.25) is 19.7 Å². The van der Waals surface area contributed by atoms with E-state index in [2.05, 4.69) is 16.0 Å². The summed E-state index contributed by atoms with van der Waals surface area (Å²) < 4.78 is 0. The zero-order valence-corrected chi connectivity index (χ0v) is 16.3. The fourth-order valence-electron chi connectivity index (χ4n) is 3.76. The van der Waals surface area contributed by atoms with Crippen molar-refractivity contribution in [3.05, 3.63) is 70.8 Å². The average Bonchev–Trinajstić information content (AvgIpc) is 3.07. The molecule has 3 N–H and O–H groups in total. The van der Waals surface area contributed by atoms with Gasteiger partial charge in [0.15, 0.2) is 0 Å². The van der Waals surface area contributed by atoms with E-state index in [-0.39, 0.29) is 24.3 Å². The second-order valence-electron chi connectivity index (χ2n) is 7.41. The molecule has 0 saturated carbocycles. The lowest BCUT2D eigenvalue weighted by molar-refractivity contribution is -0.136. The lowest BCUT2D eigenvalue weighted by atomic mass is 10.0. The van der Waals surface area contributed by atoms with Crippen LogP contribution in [0.5, 0.6) is 0 Å². The van der Waals surface area contributed by atoms with Crippen molar-refractivity contribution in [1.29, 1.82) is 0 Å². The van der Waals surface area contributed by atoms with Crippen molar-refractivity contribution in [2.45, 2.75) is 38.5 Å². The quantitative estimate of drug-likeness (QED) is 0.653. The molecule has 8 nitrogen and oxygen atoms in total. The molecule has 1 saturated heterocycles. The summed E-state index contributed by atoms with van der Waals surface area (Å²) >= 11 is 0. The molecule has 1 fully saturated rings. The third kappa shape index (κ3) is 4.17. The number of rotatable bonds is 5. The van der Waals surface area contributed by atoms with Crippen LogP contribution >= 0.6 is 0 Å². The molecule has 5 amide bonds. The van der Waals surface area contributed by atoms with E-state index in [0.717, 1.165) is 16.7 Å². The second-order valence-corrected chi connectivity index (χ2v) is 7.41. The smallest absolute Gasteiger partial charge is 0.315 e. The van der Waals surface area contributed by atoms with Crippen LogP contribution in [0.15, 0.2) is 48.5 Å². The number of urea groups is 1. The van der Waals surface area contributed by atoms with Crippen LogP contribution < -0.4 is 16.0 Å². The number of nitrogens with one attached hydrogen (secondary N) is 3. The Morgan fingerprint density at radius 2 is 1.73 bits per heavy atom. The van der Waals surface area contributed by atoms with Crippen molar-refractivity contribution in [1.82, 2.24) is 20.9 Å². The Balaban J connectivity index is 1.34. The predicted molar refractivity (Wildman–Crippen MR) is 108 cm³/mol. The average molecular weight is 406 g/mol. The number of fused-ring (bicyclic) bond motifs is 1. The SMILES string of the molecule is O=C1CCC(N2Cc3cc(CNC(=O)NCc4ccccc4)ccc3C2=O)C(=O)N1. The summed E-state index contributed by atoms with van der Waals surface area (Å²) in [6, 6.07) is 14.1. The Bertz CT molecular complexity index is 1010. The number of amides is 5. The molecule has 0 bridgehead atoms. The van der Waals surface area contributed by atoms with E-state index in [1.807, 2.05) is 36.4 Å². The van der Waals surface area contributed by atoms with Crippen LogP contribution in [0, 0.1) is 0 Å². The minimum absolute atomic E-state index is 0.209. The monoisotopic (exact) mass is 406 g/mol. The van der Waals surface area contributed by atoms with Gasteiger partial charge in [-0.1, -0.05) is 42.5 Å². The molecule has 0 aliphatic carbocycles. The van der Waals surface area contributed by atoms with Crippen molar-refractivity contribution in [3.63, 3.8) is 0 Å². The number of carbonyl (C=O) groups excluding carboxylic acids is 4. The first-order valence-corrected chi connectivity index (χ1v) is 9.83. The fraction of sp³-hybridized carbons (Fsp3) is 0.273. The normalized spacial score (nSPS) is 18.1. The van der Waals surface area contributed by atoms with E-state index in [9.17, 15) is 19.2 Å². The summed E-state index contributed by atoms with van der Waals surface area (Å²) in [5.74, 6) is -0.941. The first kappa shape index (κ1) is 19.6. The van der Waals surface area contributed by atoms with Gasteiger partial charge in [-0.15, -0.1) is 0 Å². The maximum atomic E-state index is 12.7. The van der Waals surface area contributed by atoms with E-state index in [4.69, 9.17) is 0 Å². The van der Waals surface area contributed by atoms with Gasteiger partial charge in [-0.2, -0.15) is 0 Å². The van der Waals surface area contributed by atoms with Gasteiger partial charge in [-0.25, -0.2) is 4.79 Å². The topological polar surface area (TPSA) is 108 Å². The van der Waals surface area contributed by atoms with E-state index in [1.165, 1.54) is 4.90 Å². The van der Waals surface area contributed by atoms with Gasteiger partial charge in [0.2, 0.25) is 11.8 Å². The van der Waals surface area contributed by atoms with Crippen molar-refractivity contribution >= 4 is 23.8 Å². The number of benzene rings is 2. The van der Waals surface area contributed by atoms with Crippen LogP contribution in [-0.2, 0) is 29.2 Å². The molecule has 1 atom stereocenters. The van der Waals surface area contributed by atoms with Crippen LogP contribution in [-0.4, -0.2) is 34.7 Å². The molecule has 4 rings (SSSR count). The molecule has 154 valence electrons. The van der Waals surface area contributed by atoms with Gasteiger partial charge in [0.25, 0.3) is 5.91 Å². The Hall–Kier alpha value is -3.68. The number of nitrogens with zero attached hydrogens (tertiary/aromatic N) is 1. The van der Waals surface area contributed by atoms with Crippen molar-refractivity contribution in [3.8, 4) is 0 Å². The highest BCUT2D eigenvalue weighted by atomic mass is 16.2. The zero-order valence-electron chi connectivity index (χ0n) is 16.3. The third-order valence-corrected chi connectivity index (χ3v) is 5.34. The second kappa shape index (κ2) is 8.36. The predicted octanol–water partition coefficient (Wildman–Crippen LogP) is 1.45. The maximum Gasteiger partial charge on any atom is 0.315 e. The van der Waals surface area contributed by atoms with Gasteiger partial charge < -0.3 is 15.5 Å². The highest BCUT2D eigenvalue weighted by Gasteiger charge is 2.38. The number of imide groups is 1. The number of hydrogen-bond donors (Lipinski definition) is 3. The molecule has 2 aromatic carbocycles. The first-order valence-electron chi connectivity index (χ1n) is 9.83. The Morgan fingerprint density at radius 1 is 1.00 bits per heavy atom. The van der Waals surface area contributed by atoms with Gasteiger partial charge in [-0.05, 0) is 29.2 Å². The van der Waals surface area contributed by atoms with Crippen LogP contribution in [0.3, 0.4) is 0 Å². The molecule has 2 aliphatic rings. The van der Waals surface area contributed by atoms with Crippen molar-refractivity contribution < 1.29 is 19.2 Å². The number of piperidine rings is 1. The Kier molecular flexibility index (Phi) is 5.47. The molecule has 8 heteroatoms. The van der Waals surface area contributed by atoms with Crippen LogP contribution in [0.25, 0.3) is 0 Å². The van der Waals surface area contributed by atoms with Crippen LogP contribution in [0.4, 0.5) is 4.79 Å². The Morgan fingerprint density at radius 3 is 2.47 bits per heavy atom. The van der Waals surface area contributed by atoms with E-state index in [1.54, 1.807) is 12.1 Å². The molecule has 0 spiro atoms. The van der Waals surface area contributed by atoms with Gasteiger partial charge in [0.1, 0.15) is 6.04 Å². The van der Waals surface area contributed by atoms with Crippen molar-refractivity contribution in [2.75, 3.05) is 0 Å². The van der Waals surface area contributed by atoms with E-state index >= 15 is 0 Å². The van der Waals surface area contributed by atoms with E-state index < -0.39 is 11.9 Å². The highest BCUT2D eigenvalue weighted by Crippen LogP contribution is 2.28. The fourth-order valence-corrected chi connectivity index (χ4v) is 3.76. The van der Waals surface area contributed by atoms with Crippen molar-refractivity contribution in [2.24, 2.45) is 0 Å². The molecular weight excluding hydrogens is 384 g/mol. The van der Waals surface area contributed by atoms with Crippen LogP contribution in [0.2, 0.25) is 0 Å². The maximum absolute atomic E-state index is 12.7. The largest absolute Gasteiger partial charge is 0.334 e. The van der Waals surface area contributed by atoms with Gasteiger partial charge in [0, 0.05) is 31.6 Å². The highest BCUT2D eigenvalue weighted by molar-refractivity contribution is 6.05. The summed E-state index contributed by atoms with van der Waals surface area (Å²) in [6.07, 6.45) is 0.560. The molecule has 0 aromatic heterocycles. The van der Waals surface area contributed by atoms with Gasteiger partial charge in [0.05, 0.1) is 0 Å². The minimum atomic E-state index is -0.632. The van der Waals surface area contributed by atoms with Crippen LogP contribution in [0.1, 0.15) is 39.9 Å². The summed E-state index contributed by atoms with van der Waals surface area (Å²) in [5, 5.41) is 7.91. The molecular formula is C22H22N4O4. The molecule has 2 heterocycles. The molecule has 30 heavy (non-hydrogen) atoms. The third-order valence-electron chi connectivity index (χ3n) is 5.34. The lowest BCUT2D eigenvalue weighted by Crippen LogP contribution is -2.52. The summed E-state index contributed by atoms with van der Waals surface area (Å²) in [4.78, 5) is 49.7. The molecule has 2 aliphatic heterocycles. The number of carbonyl (C=O) groups is 4.